The van der Waals surface area contributed by atoms with Crippen LogP contribution in [0, 0.1) is 11.2 Å². The van der Waals surface area contributed by atoms with Gasteiger partial charge in [-0.05, 0) is 37.1 Å². The van der Waals surface area contributed by atoms with Crippen molar-refractivity contribution in [1.29, 1.82) is 0 Å². The Bertz CT molecular complexity index is 662. The van der Waals surface area contributed by atoms with E-state index in [1.165, 1.54) is 31.2 Å². The van der Waals surface area contributed by atoms with E-state index in [2.05, 4.69) is 5.32 Å². The first-order chi connectivity index (χ1) is 11.4. The average molecular weight is 333 g/mol. The molecule has 0 unspecified atom stereocenters. The Balaban J connectivity index is 1.63. The fraction of sp³-hybridized carbons (Fsp3) is 0.471. The van der Waals surface area contributed by atoms with Crippen LogP contribution in [0.15, 0.2) is 24.3 Å². The molecule has 0 spiro atoms. The Morgan fingerprint density at radius 3 is 2.04 bits per heavy atom. The lowest BCUT2D eigenvalue weighted by Crippen LogP contribution is -2.53. The summed E-state index contributed by atoms with van der Waals surface area (Å²) in [6.45, 7) is 3.40. The van der Waals surface area contributed by atoms with Crippen LogP contribution in [0.5, 0.6) is 0 Å². The van der Waals surface area contributed by atoms with E-state index in [9.17, 15) is 18.8 Å². The van der Waals surface area contributed by atoms with E-state index < -0.39 is 5.41 Å². The lowest BCUT2D eigenvalue weighted by Gasteiger charge is -2.35. The van der Waals surface area contributed by atoms with Gasteiger partial charge in [0.2, 0.25) is 17.7 Å². The van der Waals surface area contributed by atoms with Crippen molar-refractivity contribution in [3.63, 3.8) is 0 Å². The third kappa shape index (κ3) is 3.11. The number of halogens is 1. The summed E-state index contributed by atoms with van der Waals surface area (Å²) in [4.78, 5) is 40.0. The molecule has 0 atom stereocenters. The van der Waals surface area contributed by atoms with Crippen LogP contribution < -0.4 is 5.32 Å². The lowest BCUT2D eigenvalue weighted by atomic mass is 10.0. The second-order valence-corrected chi connectivity index (χ2v) is 6.34. The standard InChI is InChI=1S/C17H20FN3O3/c1-12(22)20-8-10-21(11-9-20)16(24)17(6-7-17)15(23)19-14-4-2-13(18)3-5-14/h2-5H,6-11H2,1H3,(H,19,23). The molecule has 1 aliphatic carbocycles. The van der Waals surface area contributed by atoms with Gasteiger partial charge in [-0.25, -0.2) is 4.39 Å². The van der Waals surface area contributed by atoms with Gasteiger partial charge in [-0.2, -0.15) is 0 Å². The number of carbonyl (C=O) groups excluding carboxylic acids is 3. The topological polar surface area (TPSA) is 69.7 Å². The summed E-state index contributed by atoms with van der Waals surface area (Å²) >= 11 is 0. The van der Waals surface area contributed by atoms with Gasteiger partial charge >= 0.3 is 0 Å². The first-order valence-corrected chi connectivity index (χ1v) is 8.04. The number of amides is 3. The molecule has 1 saturated heterocycles. The van der Waals surface area contributed by atoms with Crippen LogP contribution in [0.4, 0.5) is 10.1 Å². The van der Waals surface area contributed by atoms with Crippen molar-refractivity contribution in [2.75, 3.05) is 31.5 Å². The van der Waals surface area contributed by atoms with Gasteiger partial charge in [-0.3, -0.25) is 14.4 Å². The van der Waals surface area contributed by atoms with Crippen LogP contribution in [-0.4, -0.2) is 53.7 Å². The average Bonchev–Trinajstić information content (AvgIpc) is 3.38. The summed E-state index contributed by atoms with van der Waals surface area (Å²) in [6, 6.07) is 5.47. The molecule has 0 radical (unpaired) electrons. The van der Waals surface area contributed by atoms with Crippen molar-refractivity contribution < 1.29 is 18.8 Å². The second kappa shape index (κ2) is 6.22. The van der Waals surface area contributed by atoms with Gasteiger partial charge < -0.3 is 15.1 Å². The molecular formula is C17H20FN3O3. The summed E-state index contributed by atoms with van der Waals surface area (Å²) in [6.07, 6.45) is 1.04. The summed E-state index contributed by atoms with van der Waals surface area (Å²) in [5, 5.41) is 2.70. The fourth-order valence-corrected chi connectivity index (χ4v) is 2.97. The Morgan fingerprint density at radius 1 is 1.00 bits per heavy atom. The molecule has 1 aromatic carbocycles. The highest BCUT2D eigenvalue weighted by molar-refractivity contribution is 6.13. The number of benzene rings is 1. The summed E-state index contributed by atoms with van der Waals surface area (Å²) in [5.74, 6) is -0.899. The fourth-order valence-electron chi connectivity index (χ4n) is 2.97. The first kappa shape index (κ1) is 16.4. The van der Waals surface area contributed by atoms with Gasteiger partial charge in [0.15, 0.2) is 0 Å². The number of piperazine rings is 1. The normalized spacial score (nSPS) is 18.9. The van der Waals surface area contributed by atoms with Crippen molar-refractivity contribution in [1.82, 2.24) is 9.80 Å². The van der Waals surface area contributed by atoms with Crippen molar-refractivity contribution in [3.8, 4) is 0 Å². The van der Waals surface area contributed by atoms with Crippen LogP contribution >= 0.6 is 0 Å². The molecule has 1 heterocycles. The highest BCUT2D eigenvalue weighted by atomic mass is 19.1. The Morgan fingerprint density at radius 2 is 1.54 bits per heavy atom. The molecule has 0 aromatic heterocycles. The Kier molecular flexibility index (Phi) is 4.26. The van der Waals surface area contributed by atoms with Crippen LogP contribution in [0.3, 0.4) is 0 Å². The maximum Gasteiger partial charge on any atom is 0.240 e. The lowest BCUT2D eigenvalue weighted by molar-refractivity contribution is -0.146. The van der Waals surface area contributed by atoms with E-state index in [0.717, 1.165) is 0 Å². The Labute approximate surface area is 139 Å². The minimum absolute atomic E-state index is 0.00251. The van der Waals surface area contributed by atoms with E-state index in [1.54, 1.807) is 9.80 Å². The highest BCUT2D eigenvalue weighted by Crippen LogP contribution is 2.48. The molecule has 2 aliphatic rings. The van der Waals surface area contributed by atoms with Crippen LogP contribution in [0.1, 0.15) is 19.8 Å². The number of rotatable bonds is 3. The van der Waals surface area contributed by atoms with Crippen molar-refractivity contribution >= 4 is 23.4 Å². The highest BCUT2D eigenvalue weighted by Gasteiger charge is 2.58. The molecule has 0 bridgehead atoms. The zero-order valence-corrected chi connectivity index (χ0v) is 13.5. The van der Waals surface area contributed by atoms with Crippen LogP contribution in [0.25, 0.3) is 0 Å². The van der Waals surface area contributed by atoms with E-state index >= 15 is 0 Å². The summed E-state index contributed by atoms with van der Waals surface area (Å²) in [5.41, 5.74) is -0.533. The first-order valence-electron chi connectivity index (χ1n) is 8.04. The summed E-state index contributed by atoms with van der Waals surface area (Å²) < 4.78 is 12.9. The van der Waals surface area contributed by atoms with Crippen molar-refractivity contribution in [3.05, 3.63) is 30.1 Å². The van der Waals surface area contributed by atoms with Crippen molar-refractivity contribution in [2.24, 2.45) is 5.41 Å². The number of nitrogens with zero attached hydrogens (tertiary/aromatic N) is 2. The van der Waals surface area contributed by atoms with Gasteiger partial charge in [-0.15, -0.1) is 0 Å². The molecule has 1 aliphatic heterocycles. The molecule has 3 amide bonds. The third-order valence-electron chi connectivity index (χ3n) is 4.71. The minimum Gasteiger partial charge on any atom is -0.339 e. The number of hydrogen-bond donors (Lipinski definition) is 1. The number of anilines is 1. The molecule has 1 saturated carbocycles. The van der Waals surface area contributed by atoms with Gasteiger partial charge in [0.1, 0.15) is 11.2 Å². The number of carbonyl (C=O) groups is 3. The van der Waals surface area contributed by atoms with Crippen LogP contribution in [-0.2, 0) is 14.4 Å². The molecule has 128 valence electrons. The van der Waals surface area contributed by atoms with Gasteiger partial charge in [0.25, 0.3) is 0 Å². The molecule has 7 heteroatoms. The maximum absolute atomic E-state index is 12.9. The quantitative estimate of drug-likeness (QED) is 0.846. The predicted molar refractivity (Wildman–Crippen MR) is 85.5 cm³/mol. The summed E-state index contributed by atoms with van der Waals surface area (Å²) in [7, 11) is 0. The minimum atomic E-state index is -1.01. The van der Waals surface area contributed by atoms with Gasteiger partial charge in [0, 0.05) is 38.8 Å². The largest absolute Gasteiger partial charge is 0.339 e. The monoisotopic (exact) mass is 333 g/mol. The maximum atomic E-state index is 12.9. The zero-order chi connectivity index (χ0) is 17.3. The van der Waals surface area contributed by atoms with E-state index in [4.69, 9.17) is 0 Å². The van der Waals surface area contributed by atoms with Crippen LogP contribution in [0.2, 0.25) is 0 Å². The molecule has 6 nitrogen and oxygen atoms in total. The van der Waals surface area contributed by atoms with E-state index in [0.29, 0.717) is 44.7 Å². The van der Waals surface area contributed by atoms with Gasteiger partial charge in [0.05, 0.1) is 0 Å². The van der Waals surface area contributed by atoms with E-state index in [-0.39, 0.29) is 23.5 Å². The predicted octanol–water partition coefficient (Wildman–Crippen LogP) is 1.24. The SMILES string of the molecule is CC(=O)N1CCN(C(=O)C2(C(=O)Nc3ccc(F)cc3)CC2)CC1. The third-order valence-corrected chi connectivity index (χ3v) is 4.71. The van der Waals surface area contributed by atoms with Crippen molar-refractivity contribution in [2.45, 2.75) is 19.8 Å². The van der Waals surface area contributed by atoms with Gasteiger partial charge in [-0.1, -0.05) is 0 Å². The molecular weight excluding hydrogens is 313 g/mol. The molecule has 2 fully saturated rings. The number of nitrogens with one attached hydrogen (secondary N) is 1. The molecule has 24 heavy (non-hydrogen) atoms. The molecule has 1 N–H and O–H groups in total. The smallest absolute Gasteiger partial charge is 0.240 e. The zero-order valence-electron chi connectivity index (χ0n) is 13.5. The molecule has 3 rings (SSSR count). The number of hydrogen-bond acceptors (Lipinski definition) is 3. The molecule has 1 aromatic rings. The second-order valence-electron chi connectivity index (χ2n) is 6.34. The Hall–Kier alpha value is -2.44. The van der Waals surface area contributed by atoms with E-state index in [1.807, 2.05) is 0 Å².